The largest absolute Gasteiger partial charge is 0.497 e. The molecule has 2 aromatic rings. The van der Waals surface area contributed by atoms with Gasteiger partial charge in [0.2, 0.25) is 10.0 Å². The Hall–Kier alpha value is -1.99. The first kappa shape index (κ1) is 16.4. The van der Waals surface area contributed by atoms with Crippen LogP contribution in [0.2, 0.25) is 0 Å². The van der Waals surface area contributed by atoms with Crippen molar-refractivity contribution in [2.24, 2.45) is 0 Å². The van der Waals surface area contributed by atoms with E-state index in [0.29, 0.717) is 11.3 Å². The zero-order valence-electron chi connectivity index (χ0n) is 12.5. The lowest BCUT2D eigenvalue weighted by Crippen LogP contribution is -2.28. The molecule has 0 aliphatic carbocycles. The smallest absolute Gasteiger partial charge is 0.241 e. The molecule has 0 bridgehead atoms. The number of ether oxygens (including phenoxy) is 1. The first-order chi connectivity index (χ1) is 10.3. The molecule has 5 nitrogen and oxygen atoms in total. The molecule has 0 radical (unpaired) electrons. The Morgan fingerprint density at radius 3 is 2.64 bits per heavy atom. The second kappa shape index (κ2) is 6.41. The highest BCUT2D eigenvalue weighted by Gasteiger charge is 2.22. The van der Waals surface area contributed by atoms with Crippen LogP contribution in [0.3, 0.4) is 0 Å². The molecule has 2 rings (SSSR count). The number of sulfonamides is 1. The van der Waals surface area contributed by atoms with Gasteiger partial charge in [-0.25, -0.2) is 17.5 Å². The van der Waals surface area contributed by atoms with Crippen molar-refractivity contribution >= 4 is 10.0 Å². The number of aromatic nitrogens is 1. The first-order valence-corrected chi connectivity index (χ1v) is 8.11. The monoisotopic (exact) mass is 324 g/mol. The van der Waals surface area contributed by atoms with Gasteiger partial charge in [-0.1, -0.05) is 0 Å². The van der Waals surface area contributed by atoms with Crippen LogP contribution in [0.5, 0.6) is 5.75 Å². The van der Waals surface area contributed by atoms with Crippen LogP contribution in [0.25, 0.3) is 0 Å². The average molecular weight is 324 g/mol. The Bertz CT molecular complexity index is 778. The fourth-order valence-corrected chi connectivity index (χ4v) is 3.55. The van der Waals surface area contributed by atoms with E-state index in [2.05, 4.69) is 9.71 Å². The minimum atomic E-state index is -3.79. The molecule has 7 heteroatoms. The molecular weight excluding hydrogens is 307 g/mol. The van der Waals surface area contributed by atoms with Crippen molar-refractivity contribution in [3.63, 3.8) is 0 Å². The SMILES string of the molecule is COc1ccc(S(=O)(=O)N[C@H](C)c2ncccc2F)c(C)c1. The number of methoxy groups -OCH3 is 1. The van der Waals surface area contributed by atoms with Gasteiger partial charge in [-0.05, 0) is 49.7 Å². The summed E-state index contributed by atoms with van der Waals surface area (Å²) in [4.78, 5) is 4.01. The van der Waals surface area contributed by atoms with Crippen LogP contribution in [-0.2, 0) is 10.0 Å². The fraction of sp³-hybridized carbons (Fsp3) is 0.267. The van der Waals surface area contributed by atoms with Crippen LogP contribution in [-0.4, -0.2) is 20.5 Å². The first-order valence-electron chi connectivity index (χ1n) is 6.62. The predicted molar refractivity (Wildman–Crippen MR) is 80.7 cm³/mol. The molecule has 0 aliphatic heterocycles. The van der Waals surface area contributed by atoms with E-state index in [1.165, 1.54) is 31.5 Å². The Morgan fingerprint density at radius 1 is 1.32 bits per heavy atom. The average Bonchev–Trinajstić information content (AvgIpc) is 2.46. The minimum absolute atomic E-state index is 0.0530. The van der Waals surface area contributed by atoms with E-state index in [1.54, 1.807) is 26.0 Å². The quantitative estimate of drug-likeness (QED) is 0.918. The van der Waals surface area contributed by atoms with Crippen molar-refractivity contribution in [2.75, 3.05) is 7.11 Å². The van der Waals surface area contributed by atoms with Gasteiger partial charge in [0, 0.05) is 6.20 Å². The molecule has 0 spiro atoms. The molecule has 1 atom stereocenters. The highest BCUT2D eigenvalue weighted by molar-refractivity contribution is 7.89. The molecule has 118 valence electrons. The molecule has 22 heavy (non-hydrogen) atoms. The lowest BCUT2D eigenvalue weighted by atomic mass is 10.2. The van der Waals surface area contributed by atoms with Gasteiger partial charge in [-0.3, -0.25) is 4.98 Å². The van der Waals surface area contributed by atoms with Gasteiger partial charge < -0.3 is 4.74 Å². The van der Waals surface area contributed by atoms with Gasteiger partial charge in [0.15, 0.2) is 0 Å². The van der Waals surface area contributed by atoms with E-state index in [0.717, 1.165) is 0 Å². The summed E-state index contributed by atoms with van der Waals surface area (Å²) in [5, 5.41) is 0. The maximum atomic E-state index is 13.7. The van der Waals surface area contributed by atoms with Crippen molar-refractivity contribution in [3.05, 3.63) is 53.6 Å². The molecule has 0 saturated carbocycles. The second-order valence-corrected chi connectivity index (χ2v) is 6.53. The molecule has 0 amide bonds. The van der Waals surface area contributed by atoms with Gasteiger partial charge in [-0.15, -0.1) is 0 Å². The second-order valence-electron chi connectivity index (χ2n) is 4.84. The lowest BCUT2D eigenvalue weighted by molar-refractivity contribution is 0.414. The summed E-state index contributed by atoms with van der Waals surface area (Å²) in [6, 6.07) is 6.55. The van der Waals surface area contributed by atoms with Crippen molar-refractivity contribution in [1.82, 2.24) is 9.71 Å². The third-order valence-electron chi connectivity index (χ3n) is 3.20. The maximum Gasteiger partial charge on any atom is 0.241 e. The number of nitrogens with one attached hydrogen (secondary N) is 1. The summed E-state index contributed by atoms with van der Waals surface area (Å²) < 4.78 is 46.1. The van der Waals surface area contributed by atoms with Crippen LogP contribution in [0.15, 0.2) is 41.4 Å². The van der Waals surface area contributed by atoms with E-state index < -0.39 is 21.9 Å². The number of hydrogen-bond acceptors (Lipinski definition) is 4. The Morgan fingerprint density at radius 2 is 2.05 bits per heavy atom. The van der Waals surface area contributed by atoms with Crippen LogP contribution >= 0.6 is 0 Å². The molecule has 0 fully saturated rings. The number of rotatable bonds is 5. The maximum absolute atomic E-state index is 13.7. The number of halogens is 1. The van der Waals surface area contributed by atoms with Crippen molar-refractivity contribution < 1.29 is 17.5 Å². The molecule has 1 aromatic carbocycles. The van der Waals surface area contributed by atoms with E-state index in [1.807, 2.05) is 0 Å². The highest BCUT2D eigenvalue weighted by Crippen LogP contribution is 2.23. The summed E-state index contributed by atoms with van der Waals surface area (Å²) >= 11 is 0. The van der Waals surface area contributed by atoms with Crippen molar-refractivity contribution in [2.45, 2.75) is 24.8 Å². The Labute approximate surface area is 129 Å². The summed E-state index contributed by atoms with van der Waals surface area (Å²) in [5.74, 6) is 0.0180. The summed E-state index contributed by atoms with van der Waals surface area (Å²) in [6.45, 7) is 3.21. The Kier molecular flexibility index (Phi) is 4.77. The standard InChI is InChI=1S/C15H17FN2O3S/c1-10-9-12(21-3)6-7-14(10)22(19,20)18-11(2)15-13(16)5-4-8-17-15/h4-9,11,18H,1-3H3/t11-/m1/s1. The summed E-state index contributed by atoms with van der Waals surface area (Å²) in [5.41, 5.74) is 0.595. The van der Waals surface area contributed by atoms with Gasteiger partial charge in [0.25, 0.3) is 0 Å². The number of hydrogen-bond donors (Lipinski definition) is 1. The number of pyridine rings is 1. The predicted octanol–water partition coefficient (Wildman–Crippen LogP) is 2.58. The molecule has 1 heterocycles. The molecular formula is C15H17FN2O3S. The highest BCUT2D eigenvalue weighted by atomic mass is 32.2. The molecule has 0 aliphatic rings. The van der Waals surface area contributed by atoms with E-state index in [-0.39, 0.29) is 10.6 Å². The van der Waals surface area contributed by atoms with Crippen molar-refractivity contribution in [1.29, 1.82) is 0 Å². The molecule has 0 saturated heterocycles. The number of nitrogens with zero attached hydrogens (tertiary/aromatic N) is 1. The van der Waals surface area contributed by atoms with E-state index in [9.17, 15) is 12.8 Å². The Balaban J connectivity index is 2.30. The third-order valence-corrected chi connectivity index (χ3v) is 4.90. The minimum Gasteiger partial charge on any atom is -0.497 e. The fourth-order valence-electron chi connectivity index (χ4n) is 2.12. The van der Waals surface area contributed by atoms with Gasteiger partial charge in [-0.2, -0.15) is 0 Å². The van der Waals surface area contributed by atoms with Gasteiger partial charge in [0.1, 0.15) is 11.6 Å². The zero-order chi connectivity index (χ0) is 16.3. The molecule has 0 unspecified atom stereocenters. The topological polar surface area (TPSA) is 68.3 Å². The van der Waals surface area contributed by atoms with Crippen LogP contribution < -0.4 is 9.46 Å². The summed E-state index contributed by atoms with van der Waals surface area (Å²) in [6.07, 6.45) is 1.42. The zero-order valence-corrected chi connectivity index (χ0v) is 13.3. The van der Waals surface area contributed by atoms with Crippen LogP contribution in [0.1, 0.15) is 24.2 Å². The number of benzene rings is 1. The third kappa shape index (κ3) is 3.42. The molecule has 1 aromatic heterocycles. The summed E-state index contributed by atoms with van der Waals surface area (Å²) in [7, 11) is -2.29. The van der Waals surface area contributed by atoms with Crippen LogP contribution in [0, 0.1) is 12.7 Å². The normalized spacial score (nSPS) is 12.9. The van der Waals surface area contributed by atoms with E-state index in [4.69, 9.17) is 4.74 Å². The van der Waals surface area contributed by atoms with Gasteiger partial charge >= 0.3 is 0 Å². The number of aryl methyl sites for hydroxylation is 1. The van der Waals surface area contributed by atoms with Crippen molar-refractivity contribution in [3.8, 4) is 5.75 Å². The van der Waals surface area contributed by atoms with Gasteiger partial charge in [0.05, 0.1) is 23.7 Å². The van der Waals surface area contributed by atoms with Crippen LogP contribution in [0.4, 0.5) is 4.39 Å². The lowest BCUT2D eigenvalue weighted by Gasteiger charge is -2.16. The van der Waals surface area contributed by atoms with E-state index >= 15 is 0 Å². The molecule has 1 N–H and O–H groups in total.